The molecule has 0 radical (unpaired) electrons. The molecule has 0 saturated heterocycles. The van der Waals surface area contributed by atoms with Gasteiger partial charge in [0.2, 0.25) is 5.91 Å². The average molecular weight is 302 g/mol. The molecule has 0 aliphatic heterocycles. The highest BCUT2D eigenvalue weighted by atomic mass is 32.2. The number of hydrogen-bond acceptors (Lipinski definition) is 5. The van der Waals surface area contributed by atoms with Crippen molar-refractivity contribution in [2.75, 3.05) is 20.8 Å². The van der Waals surface area contributed by atoms with E-state index in [1.807, 2.05) is 0 Å². The van der Waals surface area contributed by atoms with E-state index in [0.29, 0.717) is 5.75 Å². The predicted octanol–water partition coefficient (Wildman–Crippen LogP) is 0.135. The van der Waals surface area contributed by atoms with Gasteiger partial charge >= 0.3 is 10.3 Å². The number of ether oxygens (including phenoxy) is 1. The van der Waals surface area contributed by atoms with E-state index in [0.717, 1.165) is 5.56 Å². The quantitative estimate of drug-likeness (QED) is 0.744. The van der Waals surface area contributed by atoms with E-state index in [1.165, 1.54) is 7.05 Å². The summed E-state index contributed by atoms with van der Waals surface area (Å²) in [5.74, 6) is 0.0304. The monoisotopic (exact) mass is 302 g/mol. The van der Waals surface area contributed by atoms with Crippen molar-refractivity contribution in [2.45, 2.75) is 12.3 Å². The van der Waals surface area contributed by atoms with Crippen molar-refractivity contribution >= 4 is 16.2 Å². The smallest absolute Gasteiger partial charge is 0.333 e. The maximum atomic E-state index is 11.5. The fraction of sp³-hybridized carbons (Fsp3) is 0.417. The Morgan fingerprint density at radius 1 is 1.35 bits per heavy atom. The van der Waals surface area contributed by atoms with E-state index in [4.69, 9.17) is 9.88 Å². The molecule has 8 heteroatoms. The zero-order chi connectivity index (χ0) is 15.2. The van der Waals surface area contributed by atoms with Crippen molar-refractivity contribution in [3.05, 3.63) is 29.8 Å². The van der Waals surface area contributed by atoms with Crippen LogP contribution < -0.4 is 15.2 Å². The zero-order valence-corrected chi connectivity index (χ0v) is 12.1. The lowest BCUT2D eigenvalue weighted by Gasteiger charge is -2.16. The van der Waals surface area contributed by atoms with Gasteiger partial charge in [-0.15, -0.1) is 0 Å². The van der Waals surface area contributed by atoms with Crippen molar-refractivity contribution in [1.29, 1.82) is 0 Å². The SMILES string of the molecule is CNC(=O)C[C@H](COS(N)(=O)=O)c1ccc(OC)cc1. The molecule has 20 heavy (non-hydrogen) atoms. The third kappa shape index (κ3) is 5.55. The summed E-state index contributed by atoms with van der Waals surface area (Å²) in [4.78, 5) is 11.5. The van der Waals surface area contributed by atoms with Crippen LogP contribution in [0.4, 0.5) is 0 Å². The number of nitrogens with one attached hydrogen (secondary N) is 1. The van der Waals surface area contributed by atoms with Gasteiger partial charge in [-0.05, 0) is 17.7 Å². The van der Waals surface area contributed by atoms with Gasteiger partial charge in [0.25, 0.3) is 0 Å². The van der Waals surface area contributed by atoms with Crippen molar-refractivity contribution in [3.63, 3.8) is 0 Å². The number of nitrogens with two attached hydrogens (primary N) is 1. The summed E-state index contributed by atoms with van der Waals surface area (Å²) in [7, 11) is -0.988. The highest BCUT2D eigenvalue weighted by Gasteiger charge is 2.18. The molecule has 0 unspecified atom stereocenters. The van der Waals surface area contributed by atoms with Gasteiger partial charge in [0.15, 0.2) is 0 Å². The van der Waals surface area contributed by atoms with Crippen LogP contribution in [-0.2, 0) is 19.3 Å². The summed E-state index contributed by atoms with van der Waals surface area (Å²) in [5, 5.41) is 7.29. The molecule has 1 amide bonds. The van der Waals surface area contributed by atoms with E-state index < -0.39 is 16.2 Å². The minimum Gasteiger partial charge on any atom is -0.497 e. The predicted molar refractivity (Wildman–Crippen MR) is 73.5 cm³/mol. The van der Waals surface area contributed by atoms with Crippen LogP contribution in [0.1, 0.15) is 17.9 Å². The van der Waals surface area contributed by atoms with E-state index in [1.54, 1.807) is 31.4 Å². The van der Waals surface area contributed by atoms with Gasteiger partial charge in [0.05, 0.1) is 13.7 Å². The lowest BCUT2D eigenvalue weighted by molar-refractivity contribution is -0.121. The van der Waals surface area contributed by atoms with Crippen molar-refractivity contribution in [2.24, 2.45) is 5.14 Å². The van der Waals surface area contributed by atoms with Crippen molar-refractivity contribution in [3.8, 4) is 5.75 Å². The normalized spacial score (nSPS) is 12.8. The summed E-state index contributed by atoms with van der Waals surface area (Å²) < 4.78 is 31.3. The minimum absolute atomic E-state index is 0.0956. The summed E-state index contributed by atoms with van der Waals surface area (Å²) in [6.07, 6.45) is 0.0956. The van der Waals surface area contributed by atoms with Gasteiger partial charge in [-0.25, -0.2) is 5.14 Å². The second kappa shape index (κ2) is 7.22. The van der Waals surface area contributed by atoms with Gasteiger partial charge in [-0.2, -0.15) is 8.42 Å². The van der Waals surface area contributed by atoms with E-state index in [-0.39, 0.29) is 18.9 Å². The Morgan fingerprint density at radius 3 is 2.40 bits per heavy atom. The number of hydrogen-bond donors (Lipinski definition) is 2. The molecule has 0 saturated carbocycles. The molecule has 1 rings (SSSR count). The van der Waals surface area contributed by atoms with Crippen LogP contribution in [0.15, 0.2) is 24.3 Å². The molecule has 3 N–H and O–H groups in total. The van der Waals surface area contributed by atoms with E-state index in [9.17, 15) is 13.2 Å². The fourth-order valence-electron chi connectivity index (χ4n) is 1.65. The minimum atomic E-state index is -4.04. The Bertz CT molecular complexity index is 541. The van der Waals surface area contributed by atoms with Gasteiger partial charge in [-0.3, -0.25) is 8.98 Å². The summed E-state index contributed by atoms with van der Waals surface area (Å²) in [6.45, 7) is -0.196. The van der Waals surface area contributed by atoms with Gasteiger partial charge in [0.1, 0.15) is 5.75 Å². The number of rotatable bonds is 7. The Morgan fingerprint density at radius 2 is 1.95 bits per heavy atom. The third-order valence-corrected chi connectivity index (χ3v) is 3.20. The van der Waals surface area contributed by atoms with Crippen molar-refractivity contribution < 1.29 is 22.1 Å². The third-order valence-electron chi connectivity index (χ3n) is 2.73. The molecule has 0 heterocycles. The van der Waals surface area contributed by atoms with Crippen LogP contribution in [0, 0.1) is 0 Å². The molecule has 0 fully saturated rings. The molecular formula is C12H18N2O5S. The lowest BCUT2D eigenvalue weighted by atomic mass is 9.96. The summed E-state index contributed by atoms with van der Waals surface area (Å²) >= 11 is 0. The maximum Gasteiger partial charge on any atom is 0.333 e. The maximum absolute atomic E-state index is 11.5. The molecular weight excluding hydrogens is 284 g/mol. The molecule has 0 bridgehead atoms. The second-order valence-electron chi connectivity index (χ2n) is 4.12. The first-order valence-corrected chi connectivity index (χ1v) is 7.34. The van der Waals surface area contributed by atoms with Crippen molar-refractivity contribution in [1.82, 2.24) is 5.32 Å². The molecule has 0 spiro atoms. The number of methoxy groups -OCH3 is 1. The summed E-state index contributed by atoms with van der Waals surface area (Å²) in [6, 6.07) is 6.95. The number of carbonyl (C=O) groups is 1. The Labute approximate surface area is 118 Å². The Kier molecular flexibility index (Phi) is 5.93. The first kappa shape index (κ1) is 16.4. The van der Waals surface area contributed by atoms with Crippen LogP contribution in [0.3, 0.4) is 0 Å². The molecule has 1 aromatic carbocycles. The van der Waals surface area contributed by atoms with Gasteiger partial charge < -0.3 is 10.1 Å². The molecule has 0 aliphatic rings. The van der Waals surface area contributed by atoms with Crippen LogP contribution in [0.2, 0.25) is 0 Å². The van der Waals surface area contributed by atoms with Gasteiger partial charge in [-0.1, -0.05) is 12.1 Å². The fourth-order valence-corrected chi connectivity index (χ4v) is 2.01. The van der Waals surface area contributed by atoms with Crippen LogP contribution in [-0.4, -0.2) is 35.1 Å². The molecule has 0 aliphatic carbocycles. The van der Waals surface area contributed by atoms with E-state index >= 15 is 0 Å². The largest absolute Gasteiger partial charge is 0.497 e. The first-order chi connectivity index (χ1) is 9.35. The van der Waals surface area contributed by atoms with Crippen LogP contribution in [0.5, 0.6) is 5.75 Å². The lowest BCUT2D eigenvalue weighted by Crippen LogP contribution is -2.25. The number of benzene rings is 1. The standard InChI is InChI=1S/C12H18N2O5S/c1-14-12(15)7-10(8-19-20(13,16)17)9-3-5-11(18-2)6-4-9/h3-6,10H,7-8H2,1-2H3,(H,14,15)(H2,13,16,17)/t10-/m1/s1. The molecule has 1 aromatic rings. The molecule has 7 nitrogen and oxygen atoms in total. The molecule has 1 atom stereocenters. The number of carbonyl (C=O) groups excluding carboxylic acids is 1. The molecule has 0 aromatic heterocycles. The Balaban J connectivity index is 2.87. The topological polar surface area (TPSA) is 108 Å². The van der Waals surface area contributed by atoms with Crippen LogP contribution >= 0.6 is 0 Å². The summed E-state index contributed by atoms with van der Waals surface area (Å²) in [5.41, 5.74) is 0.762. The Hall–Kier alpha value is -1.64. The van der Waals surface area contributed by atoms with Crippen LogP contribution in [0.25, 0.3) is 0 Å². The van der Waals surface area contributed by atoms with Gasteiger partial charge in [0, 0.05) is 19.4 Å². The highest BCUT2D eigenvalue weighted by Crippen LogP contribution is 2.23. The second-order valence-corrected chi connectivity index (χ2v) is 5.35. The molecule has 112 valence electrons. The highest BCUT2D eigenvalue weighted by molar-refractivity contribution is 7.84. The van der Waals surface area contributed by atoms with E-state index in [2.05, 4.69) is 9.50 Å². The average Bonchev–Trinajstić information content (AvgIpc) is 2.42. The number of amides is 1. The first-order valence-electron chi connectivity index (χ1n) is 5.87. The zero-order valence-electron chi connectivity index (χ0n) is 11.3.